The van der Waals surface area contributed by atoms with Crippen molar-refractivity contribution in [3.05, 3.63) is 71.2 Å². The van der Waals surface area contributed by atoms with Crippen molar-refractivity contribution in [2.45, 2.75) is 97.4 Å². The van der Waals surface area contributed by atoms with Crippen molar-refractivity contribution in [3.63, 3.8) is 0 Å². The standard InChI is InChI=1S/C35H46F2NO3/c1-4-6-8-10-11-13-20-41-35-28-17-19-38(24-26-15-16-31(36)32(37)22-26)33(14-12-9-7-5-2)30(28)23-29(34(35)39-3)27-18-21-40-25-27/h15-16,18,21-23,25H,4-14,17,19-20,24H2,1-3H3/q+1. The highest BCUT2D eigenvalue weighted by Gasteiger charge is 2.32. The van der Waals surface area contributed by atoms with Crippen LogP contribution in [-0.4, -0.2) is 30.5 Å². The SMILES string of the molecule is CCCCCCCCOc1c2c(cc(-c3ccoc3)c1OC)C(CCCCCC)=[N+](Cc1ccc(F)c(F)c1)CC2. The Labute approximate surface area is 244 Å². The van der Waals surface area contributed by atoms with Crippen molar-refractivity contribution >= 4 is 5.71 Å². The van der Waals surface area contributed by atoms with Crippen LogP contribution in [0.4, 0.5) is 8.78 Å². The molecule has 41 heavy (non-hydrogen) atoms. The highest BCUT2D eigenvalue weighted by molar-refractivity contribution is 6.01. The maximum Gasteiger partial charge on any atom is 0.184 e. The van der Waals surface area contributed by atoms with Crippen molar-refractivity contribution in [2.75, 3.05) is 20.3 Å². The number of unbranched alkanes of at least 4 members (excludes halogenated alkanes) is 8. The van der Waals surface area contributed by atoms with Crippen LogP contribution in [-0.2, 0) is 13.0 Å². The molecule has 0 fully saturated rings. The molecule has 1 aliphatic rings. The normalized spacial score (nSPS) is 13.0. The number of methoxy groups -OCH3 is 1. The highest BCUT2D eigenvalue weighted by Crippen LogP contribution is 2.44. The van der Waals surface area contributed by atoms with Gasteiger partial charge >= 0.3 is 0 Å². The fourth-order valence-electron chi connectivity index (χ4n) is 5.83. The van der Waals surface area contributed by atoms with E-state index < -0.39 is 11.6 Å². The molecule has 0 N–H and O–H groups in total. The second kappa shape index (κ2) is 15.7. The summed E-state index contributed by atoms with van der Waals surface area (Å²) in [6.07, 6.45) is 16.9. The topological polar surface area (TPSA) is 34.6 Å². The summed E-state index contributed by atoms with van der Waals surface area (Å²) < 4.78 is 48.1. The van der Waals surface area contributed by atoms with Gasteiger partial charge < -0.3 is 13.9 Å². The molecule has 6 heteroatoms. The minimum atomic E-state index is -0.814. The summed E-state index contributed by atoms with van der Waals surface area (Å²) in [6, 6.07) is 8.38. The number of ether oxygens (including phenoxy) is 2. The lowest BCUT2D eigenvalue weighted by molar-refractivity contribution is -0.545. The van der Waals surface area contributed by atoms with Gasteiger partial charge in [-0.05, 0) is 43.2 Å². The van der Waals surface area contributed by atoms with Crippen molar-refractivity contribution in [3.8, 4) is 22.6 Å². The molecular weight excluding hydrogens is 520 g/mol. The first-order chi connectivity index (χ1) is 20.1. The first-order valence-corrected chi connectivity index (χ1v) is 15.5. The van der Waals surface area contributed by atoms with Crippen LogP contribution in [0.5, 0.6) is 11.5 Å². The summed E-state index contributed by atoms with van der Waals surface area (Å²) in [4.78, 5) is 0. The first kappa shape index (κ1) is 30.8. The van der Waals surface area contributed by atoms with Gasteiger partial charge in [-0.3, -0.25) is 0 Å². The van der Waals surface area contributed by atoms with Crippen LogP contribution < -0.4 is 9.47 Å². The van der Waals surface area contributed by atoms with Crippen LogP contribution in [0.1, 0.15) is 101 Å². The number of fused-ring (bicyclic) bond motifs is 1. The molecule has 0 aliphatic carbocycles. The Kier molecular flexibility index (Phi) is 11.8. The number of furan rings is 1. The third-order valence-electron chi connectivity index (χ3n) is 8.07. The lowest BCUT2D eigenvalue weighted by atomic mass is 9.88. The summed E-state index contributed by atoms with van der Waals surface area (Å²) >= 11 is 0. The molecule has 0 spiro atoms. The summed E-state index contributed by atoms with van der Waals surface area (Å²) in [5.41, 5.74) is 6.21. The van der Waals surface area contributed by atoms with Gasteiger partial charge in [0.05, 0.1) is 26.2 Å². The fourth-order valence-corrected chi connectivity index (χ4v) is 5.83. The summed E-state index contributed by atoms with van der Waals surface area (Å²) in [5, 5.41) is 0. The third-order valence-corrected chi connectivity index (χ3v) is 8.07. The predicted molar refractivity (Wildman–Crippen MR) is 161 cm³/mol. The minimum Gasteiger partial charge on any atom is -0.492 e. The Morgan fingerprint density at radius 3 is 2.29 bits per heavy atom. The van der Waals surface area contributed by atoms with E-state index in [1.807, 2.05) is 6.07 Å². The minimum absolute atomic E-state index is 0.529. The van der Waals surface area contributed by atoms with Gasteiger partial charge in [-0.25, -0.2) is 13.4 Å². The summed E-state index contributed by atoms with van der Waals surface area (Å²) in [7, 11) is 1.70. The molecule has 4 nitrogen and oxygen atoms in total. The van der Waals surface area contributed by atoms with E-state index in [1.54, 1.807) is 25.7 Å². The molecule has 4 rings (SSSR count). The maximum atomic E-state index is 14.1. The van der Waals surface area contributed by atoms with Gasteiger partial charge in [-0.1, -0.05) is 65.2 Å². The average molecular weight is 567 g/mol. The van der Waals surface area contributed by atoms with E-state index in [2.05, 4.69) is 24.5 Å². The Bertz CT molecular complexity index is 1280. The summed E-state index contributed by atoms with van der Waals surface area (Å²) in [5.74, 6) is -0.0453. The van der Waals surface area contributed by atoms with Gasteiger partial charge in [0, 0.05) is 40.7 Å². The second-order valence-corrected chi connectivity index (χ2v) is 11.1. The number of hydrogen-bond donors (Lipinski definition) is 0. The van der Waals surface area contributed by atoms with Crippen LogP contribution in [0.15, 0.2) is 47.3 Å². The molecule has 0 unspecified atom stereocenters. The average Bonchev–Trinajstić information content (AvgIpc) is 3.52. The van der Waals surface area contributed by atoms with E-state index in [-0.39, 0.29) is 0 Å². The fraction of sp³-hybridized carbons (Fsp3) is 0.514. The molecule has 2 aromatic carbocycles. The van der Waals surface area contributed by atoms with E-state index in [4.69, 9.17) is 13.9 Å². The van der Waals surface area contributed by atoms with Crippen LogP contribution in [0.3, 0.4) is 0 Å². The Morgan fingerprint density at radius 2 is 1.59 bits per heavy atom. The quantitative estimate of drug-likeness (QED) is 0.121. The molecule has 2 heterocycles. The van der Waals surface area contributed by atoms with E-state index in [0.717, 1.165) is 78.8 Å². The first-order valence-electron chi connectivity index (χ1n) is 15.5. The van der Waals surface area contributed by atoms with E-state index in [9.17, 15) is 8.78 Å². The number of rotatable bonds is 17. The van der Waals surface area contributed by atoms with Gasteiger partial charge in [0.15, 0.2) is 35.4 Å². The smallest absolute Gasteiger partial charge is 0.184 e. The molecule has 1 aliphatic heterocycles. The Hall–Kier alpha value is -3.15. The molecule has 3 aromatic rings. The van der Waals surface area contributed by atoms with Crippen molar-refractivity contribution in [1.82, 2.24) is 0 Å². The summed E-state index contributed by atoms with van der Waals surface area (Å²) in [6.45, 7) is 6.40. The van der Waals surface area contributed by atoms with Crippen molar-refractivity contribution in [2.24, 2.45) is 0 Å². The Morgan fingerprint density at radius 1 is 0.829 bits per heavy atom. The molecule has 0 radical (unpaired) electrons. The molecule has 0 saturated heterocycles. The molecule has 0 saturated carbocycles. The van der Waals surface area contributed by atoms with Crippen LogP contribution >= 0.6 is 0 Å². The Balaban J connectivity index is 1.73. The zero-order valence-corrected chi connectivity index (χ0v) is 25.1. The maximum absolute atomic E-state index is 14.1. The lowest BCUT2D eigenvalue weighted by Crippen LogP contribution is -2.30. The third kappa shape index (κ3) is 7.99. The second-order valence-electron chi connectivity index (χ2n) is 11.1. The molecule has 0 bridgehead atoms. The zero-order valence-electron chi connectivity index (χ0n) is 25.1. The molecule has 0 atom stereocenters. The largest absolute Gasteiger partial charge is 0.492 e. The van der Waals surface area contributed by atoms with Crippen LogP contribution in [0.2, 0.25) is 0 Å². The van der Waals surface area contributed by atoms with Gasteiger partial charge in [0.25, 0.3) is 0 Å². The molecule has 1 aromatic heterocycles. The molecule has 0 amide bonds. The molecule has 222 valence electrons. The predicted octanol–water partition coefficient (Wildman–Crippen LogP) is 9.50. The van der Waals surface area contributed by atoms with E-state index >= 15 is 0 Å². The van der Waals surface area contributed by atoms with Gasteiger partial charge in [0.1, 0.15) is 6.54 Å². The van der Waals surface area contributed by atoms with Gasteiger partial charge in [-0.2, -0.15) is 0 Å². The number of halogens is 2. The number of nitrogens with zero attached hydrogens (tertiary/aromatic N) is 1. The zero-order chi connectivity index (χ0) is 29.0. The number of benzene rings is 2. The van der Waals surface area contributed by atoms with Crippen molar-refractivity contribution in [1.29, 1.82) is 0 Å². The van der Waals surface area contributed by atoms with Crippen LogP contribution in [0.25, 0.3) is 11.1 Å². The van der Waals surface area contributed by atoms with Crippen molar-refractivity contribution < 1.29 is 27.2 Å². The molecular formula is C35H46F2NO3+. The van der Waals surface area contributed by atoms with Gasteiger partial charge in [-0.15, -0.1) is 0 Å². The number of hydrogen-bond acceptors (Lipinski definition) is 3. The van der Waals surface area contributed by atoms with Crippen LogP contribution in [0, 0.1) is 11.6 Å². The lowest BCUT2D eigenvalue weighted by Gasteiger charge is -2.25. The highest BCUT2D eigenvalue weighted by atomic mass is 19.2. The van der Waals surface area contributed by atoms with E-state index in [1.165, 1.54) is 61.9 Å². The van der Waals surface area contributed by atoms with E-state index in [0.29, 0.717) is 13.2 Å². The monoisotopic (exact) mass is 566 g/mol. The van der Waals surface area contributed by atoms with Gasteiger partial charge in [0.2, 0.25) is 0 Å².